The highest BCUT2D eigenvalue weighted by Crippen LogP contribution is 2.26. The van der Waals surface area contributed by atoms with Crippen molar-refractivity contribution in [2.45, 2.75) is 51.0 Å². The van der Waals surface area contributed by atoms with Crippen molar-refractivity contribution in [2.75, 3.05) is 11.6 Å². The summed E-state index contributed by atoms with van der Waals surface area (Å²) < 4.78 is 1.85. The maximum absolute atomic E-state index is 12.6. The first-order valence-electron chi connectivity index (χ1n) is 11.1. The summed E-state index contributed by atoms with van der Waals surface area (Å²) in [5.41, 5.74) is 6.33. The fraction of sp³-hybridized carbons (Fsp3) is 0.296. The molecule has 0 spiro atoms. The molecule has 4 rings (SSSR count). The zero-order valence-corrected chi connectivity index (χ0v) is 20.7. The van der Waals surface area contributed by atoms with Gasteiger partial charge in [-0.1, -0.05) is 18.2 Å². The van der Waals surface area contributed by atoms with Gasteiger partial charge in [0.15, 0.2) is 0 Å². The Kier molecular flexibility index (Phi) is 6.56. The summed E-state index contributed by atoms with van der Waals surface area (Å²) in [5.74, 6) is -0.0414. The molecule has 0 atom stereocenters. The van der Waals surface area contributed by atoms with Crippen LogP contribution in [0.25, 0.3) is 10.9 Å². The second-order valence-corrected chi connectivity index (χ2v) is 10.2. The first-order valence-corrected chi connectivity index (χ1v) is 12.3. The average Bonchev–Trinajstić information content (AvgIpc) is 3.24. The van der Waals surface area contributed by atoms with Crippen molar-refractivity contribution in [2.24, 2.45) is 0 Å². The molecule has 4 aromatic rings. The highest BCUT2D eigenvalue weighted by Gasteiger charge is 2.15. The van der Waals surface area contributed by atoms with Crippen LogP contribution in [-0.2, 0) is 23.2 Å². The lowest BCUT2D eigenvalue weighted by Gasteiger charge is -2.18. The number of hydrogen-bond donors (Lipinski definition) is 1. The summed E-state index contributed by atoms with van der Waals surface area (Å²) in [4.78, 5) is 18.3. The second-order valence-electron chi connectivity index (χ2n) is 9.36. The van der Waals surface area contributed by atoms with E-state index in [0.29, 0.717) is 6.42 Å². The number of anilines is 1. The van der Waals surface area contributed by atoms with Gasteiger partial charge in [-0.15, -0.1) is 11.8 Å². The van der Waals surface area contributed by atoms with Crippen molar-refractivity contribution >= 4 is 34.3 Å². The third-order valence-corrected chi connectivity index (χ3v) is 6.47. The van der Waals surface area contributed by atoms with Crippen LogP contribution in [0, 0.1) is 6.92 Å². The van der Waals surface area contributed by atoms with Crippen molar-refractivity contribution in [1.29, 1.82) is 0 Å². The van der Waals surface area contributed by atoms with Gasteiger partial charge in [0.05, 0.1) is 29.4 Å². The number of nitrogens with one attached hydrogen (secondary N) is 1. The Morgan fingerprint density at radius 2 is 1.91 bits per heavy atom. The SMILES string of the molecule is CSc1ccc2nccc(Cc3ccc(CC(=O)Nc4cnn(C(C)(C)C)c4)cc3C)c2c1. The van der Waals surface area contributed by atoms with E-state index in [9.17, 15) is 4.79 Å². The van der Waals surface area contributed by atoms with E-state index in [4.69, 9.17) is 0 Å². The molecule has 0 aliphatic rings. The first kappa shape index (κ1) is 23.1. The molecule has 2 aromatic carbocycles. The van der Waals surface area contributed by atoms with Crippen LogP contribution in [0.15, 0.2) is 66.0 Å². The minimum absolute atomic E-state index is 0.0414. The Bertz CT molecular complexity index is 1300. The molecule has 1 amide bonds. The molecule has 170 valence electrons. The normalized spacial score (nSPS) is 11.7. The lowest BCUT2D eigenvalue weighted by Crippen LogP contribution is -2.22. The van der Waals surface area contributed by atoms with E-state index in [0.717, 1.165) is 23.2 Å². The number of aryl methyl sites for hydroxylation is 1. The fourth-order valence-electron chi connectivity index (χ4n) is 3.88. The number of fused-ring (bicyclic) bond motifs is 1. The number of nitrogens with zero attached hydrogens (tertiary/aromatic N) is 3. The predicted octanol–water partition coefficient (Wildman–Crippen LogP) is 5.99. The van der Waals surface area contributed by atoms with Crippen molar-refractivity contribution < 1.29 is 4.79 Å². The molecule has 5 nitrogen and oxygen atoms in total. The van der Waals surface area contributed by atoms with Crippen molar-refractivity contribution in [3.63, 3.8) is 0 Å². The largest absolute Gasteiger partial charge is 0.323 e. The van der Waals surface area contributed by atoms with Crippen LogP contribution in [0.5, 0.6) is 0 Å². The quantitative estimate of drug-likeness (QED) is 0.361. The third-order valence-electron chi connectivity index (χ3n) is 5.75. The maximum atomic E-state index is 12.6. The Hall–Kier alpha value is -3.12. The molecule has 0 unspecified atom stereocenters. The number of rotatable bonds is 6. The maximum Gasteiger partial charge on any atom is 0.228 e. The van der Waals surface area contributed by atoms with E-state index >= 15 is 0 Å². The molecule has 2 heterocycles. The lowest BCUT2D eigenvalue weighted by atomic mass is 9.96. The van der Waals surface area contributed by atoms with Crippen molar-refractivity contribution in [3.8, 4) is 0 Å². The van der Waals surface area contributed by atoms with Gasteiger partial charge in [-0.2, -0.15) is 5.10 Å². The number of benzene rings is 2. The molecule has 0 saturated heterocycles. The number of amides is 1. The summed E-state index contributed by atoms with van der Waals surface area (Å²) in [6, 6.07) is 14.8. The average molecular weight is 459 g/mol. The standard InChI is InChI=1S/C27H30N4OS/c1-18-12-19(13-26(32)30-22-16-29-31(17-22)27(2,3)4)6-7-20(18)14-21-10-11-28-25-9-8-23(33-5)15-24(21)25/h6-12,15-17H,13-14H2,1-5H3,(H,30,32). The topological polar surface area (TPSA) is 59.8 Å². The van der Waals surface area contributed by atoms with Gasteiger partial charge in [0.1, 0.15) is 0 Å². The van der Waals surface area contributed by atoms with E-state index < -0.39 is 0 Å². The number of thioether (sulfide) groups is 1. The molecular formula is C27H30N4OS. The zero-order chi connectivity index (χ0) is 23.6. The van der Waals surface area contributed by atoms with E-state index in [1.807, 2.05) is 17.1 Å². The minimum atomic E-state index is -0.118. The van der Waals surface area contributed by atoms with Gasteiger partial charge in [0, 0.05) is 22.7 Å². The van der Waals surface area contributed by atoms with Crippen LogP contribution in [0.1, 0.15) is 43.0 Å². The van der Waals surface area contributed by atoms with E-state index in [2.05, 4.69) is 91.8 Å². The Morgan fingerprint density at radius 3 is 2.61 bits per heavy atom. The van der Waals surface area contributed by atoms with Gasteiger partial charge in [0.25, 0.3) is 0 Å². The number of pyridine rings is 1. The molecule has 0 aliphatic carbocycles. The summed E-state index contributed by atoms with van der Waals surface area (Å²) in [6.45, 7) is 8.34. The van der Waals surface area contributed by atoms with E-state index in [-0.39, 0.29) is 11.4 Å². The molecule has 0 aliphatic heterocycles. The van der Waals surface area contributed by atoms with Crippen LogP contribution in [0.3, 0.4) is 0 Å². The lowest BCUT2D eigenvalue weighted by molar-refractivity contribution is -0.115. The van der Waals surface area contributed by atoms with E-state index in [1.165, 1.54) is 27.0 Å². The number of hydrogen-bond acceptors (Lipinski definition) is 4. The fourth-order valence-corrected chi connectivity index (χ4v) is 4.32. The van der Waals surface area contributed by atoms with Gasteiger partial charge in [-0.25, -0.2) is 0 Å². The zero-order valence-electron chi connectivity index (χ0n) is 19.8. The van der Waals surface area contributed by atoms with Gasteiger partial charge in [-0.3, -0.25) is 14.5 Å². The number of aromatic nitrogens is 3. The molecule has 0 saturated carbocycles. The summed E-state index contributed by atoms with van der Waals surface area (Å²) in [7, 11) is 0. The molecule has 0 bridgehead atoms. The van der Waals surface area contributed by atoms with Crippen LogP contribution in [-0.4, -0.2) is 26.9 Å². The first-order chi connectivity index (χ1) is 15.7. The number of carbonyl (C=O) groups excluding carboxylic acids is 1. The summed E-state index contributed by atoms with van der Waals surface area (Å²) >= 11 is 1.74. The van der Waals surface area contributed by atoms with Crippen LogP contribution in [0.2, 0.25) is 0 Å². The Morgan fingerprint density at radius 1 is 1.09 bits per heavy atom. The molecule has 0 radical (unpaired) electrons. The van der Waals surface area contributed by atoms with Gasteiger partial charge >= 0.3 is 0 Å². The molecule has 2 aromatic heterocycles. The van der Waals surface area contributed by atoms with E-state index in [1.54, 1.807) is 18.0 Å². The molecule has 6 heteroatoms. The van der Waals surface area contributed by atoms with Crippen molar-refractivity contribution in [1.82, 2.24) is 14.8 Å². The van der Waals surface area contributed by atoms with Gasteiger partial charge < -0.3 is 5.32 Å². The predicted molar refractivity (Wildman–Crippen MR) is 137 cm³/mol. The van der Waals surface area contributed by atoms with Crippen molar-refractivity contribution in [3.05, 3.63) is 83.3 Å². The Labute approximate surface area is 199 Å². The van der Waals surface area contributed by atoms with Gasteiger partial charge in [-0.05, 0) is 86.9 Å². The molecule has 1 N–H and O–H groups in total. The monoisotopic (exact) mass is 458 g/mol. The molecular weight excluding hydrogens is 428 g/mol. The highest BCUT2D eigenvalue weighted by molar-refractivity contribution is 7.98. The third kappa shape index (κ3) is 5.45. The van der Waals surface area contributed by atoms with Gasteiger partial charge in [0.2, 0.25) is 5.91 Å². The minimum Gasteiger partial charge on any atom is -0.323 e. The van der Waals surface area contributed by atoms with Crippen LogP contribution >= 0.6 is 11.8 Å². The van der Waals surface area contributed by atoms with Crippen LogP contribution in [0.4, 0.5) is 5.69 Å². The number of carbonyl (C=O) groups is 1. The van der Waals surface area contributed by atoms with Crippen LogP contribution < -0.4 is 5.32 Å². The molecule has 0 fully saturated rings. The molecule has 33 heavy (non-hydrogen) atoms. The smallest absolute Gasteiger partial charge is 0.228 e. The second kappa shape index (κ2) is 9.40. The Balaban J connectivity index is 1.47. The summed E-state index contributed by atoms with van der Waals surface area (Å²) in [6.07, 6.45) is 8.70. The summed E-state index contributed by atoms with van der Waals surface area (Å²) in [5, 5.41) is 8.50. The highest BCUT2D eigenvalue weighted by atomic mass is 32.2.